The molecule has 1 unspecified atom stereocenters. The molecule has 2 saturated heterocycles. The molecule has 0 aliphatic carbocycles. The van der Waals surface area contributed by atoms with Gasteiger partial charge >= 0.3 is 0 Å². The largest absolute Gasteiger partial charge is 0.444 e. The average Bonchev–Trinajstić information content (AvgIpc) is 3.56. The maximum Gasteiger partial charge on any atom is 0.228 e. The summed E-state index contributed by atoms with van der Waals surface area (Å²) in [5.41, 5.74) is 1.57. The molecule has 4 heterocycles. The van der Waals surface area contributed by atoms with Gasteiger partial charge in [-0.15, -0.1) is 10.2 Å². The molecule has 31 heavy (non-hydrogen) atoms. The molecule has 0 N–H and O–H groups in total. The van der Waals surface area contributed by atoms with Crippen molar-refractivity contribution in [2.45, 2.75) is 55.7 Å². The average molecular weight is 444 g/mol. The summed E-state index contributed by atoms with van der Waals surface area (Å²) in [4.78, 5) is 6.90. The van der Waals surface area contributed by atoms with Crippen molar-refractivity contribution >= 4 is 17.7 Å². The van der Waals surface area contributed by atoms with E-state index < -0.39 is 0 Å². The summed E-state index contributed by atoms with van der Waals surface area (Å²) in [6, 6.07) is 6.15. The lowest BCUT2D eigenvalue weighted by Crippen LogP contribution is -2.33. The van der Waals surface area contributed by atoms with E-state index in [2.05, 4.69) is 24.6 Å². The summed E-state index contributed by atoms with van der Waals surface area (Å²) in [6.07, 6.45) is 7.72. The lowest BCUT2D eigenvalue weighted by Gasteiger charge is -2.28. The number of hydrogen-bond acceptors (Lipinski definition) is 7. The Kier molecular flexibility index (Phi) is 6.22. The van der Waals surface area contributed by atoms with Crippen LogP contribution in [0.3, 0.4) is 0 Å². The quantitative estimate of drug-likeness (QED) is 0.497. The van der Waals surface area contributed by atoms with Crippen molar-refractivity contribution in [3.8, 4) is 11.5 Å². The Bertz CT molecular complexity index is 994. The summed E-state index contributed by atoms with van der Waals surface area (Å²) < 4.78 is 26.9. The third-order valence-corrected chi connectivity index (χ3v) is 6.74. The van der Waals surface area contributed by atoms with Gasteiger partial charge in [0.15, 0.2) is 5.16 Å². The summed E-state index contributed by atoms with van der Waals surface area (Å²) in [5, 5.41) is 9.92. The van der Waals surface area contributed by atoms with Crippen LogP contribution in [0.15, 0.2) is 40.1 Å². The van der Waals surface area contributed by atoms with E-state index in [0.717, 1.165) is 61.4 Å². The van der Waals surface area contributed by atoms with E-state index in [1.54, 1.807) is 30.2 Å². The fourth-order valence-electron chi connectivity index (χ4n) is 4.10. The Hall–Kier alpha value is -2.39. The van der Waals surface area contributed by atoms with Crippen molar-refractivity contribution < 1.29 is 13.5 Å². The third-order valence-electron chi connectivity index (χ3n) is 5.74. The molecule has 0 bridgehead atoms. The van der Waals surface area contributed by atoms with Crippen molar-refractivity contribution in [2.24, 2.45) is 0 Å². The van der Waals surface area contributed by atoms with Crippen molar-refractivity contribution in [2.75, 3.05) is 24.6 Å². The van der Waals surface area contributed by atoms with Gasteiger partial charge < -0.3 is 14.1 Å². The van der Waals surface area contributed by atoms with Crippen LogP contribution in [0.2, 0.25) is 0 Å². The maximum absolute atomic E-state index is 13.2. The molecule has 0 radical (unpaired) electrons. The van der Waals surface area contributed by atoms with Crippen LogP contribution in [0.5, 0.6) is 0 Å². The highest BCUT2D eigenvalue weighted by Gasteiger charge is 2.25. The van der Waals surface area contributed by atoms with Crippen molar-refractivity contribution in [1.29, 1.82) is 0 Å². The maximum atomic E-state index is 13.2. The van der Waals surface area contributed by atoms with Gasteiger partial charge in [-0.25, -0.2) is 9.37 Å². The Morgan fingerprint density at radius 3 is 2.68 bits per heavy atom. The number of benzene rings is 1. The fraction of sp³-hybridized carbons (Fsp3) is 0.500. The molecule has 2 fully saturated rings. The van der Waals surface area contributed by atoms with E-state index in [1.165, 1.54) is 31.4 Å². The summed E-state index contributed by atoms with van der Waals surface area (Å²) in [5.74, 6) is 1.78. The molecular formula is C22H26FN5O2S. The Morgan fingerprint density at radius 2 is 1.90 bits per heavy atom. The predicted molar refractivity (Wildman–Crippen MR) is 117 cm³/mol. The second-order valence-electron chi connectivity index (χ2n) is 8.02. The molecule has 0 amide bonds. The van der Waals surface area contributed by atoms with E-state index in [1.807, 2.05) is 0 Å². The number of aromatic nitrogens is 4. The number of oxazole rings is 1. The molecule has 0 spiro atoms. The molecule has 1 atom stereocenters. The number of nitrogens with zero attached hydrogens (tertiary/aromatic N) is 5. The monoisotopic (exact) mass is 443 g/mol. The Labute approximate surface area is 185 Å². The van der Waals surface area contributed by atoms with Crippen molar-refractivity contribution in [3.63, 3.8) is 0 Å². The molecule has 2 aliphatic heterocycles. The number of ether oxygens (including phenoxy) is 1. The first-order chi connectivity index (χ1) is 15.3. The summed E-state index contributed by atoms with van der Waals surface area (Å²) in [6.45, 7) is 3.66. The normalized spacial score (nSPS) is 19.3. The van der Waals surface area contributed by atoms with Crippen LogP contribution in [-0.2, 0) is 17.0 Å². The van der Waals surface area contributed by atoms with Crippen molar-refractivity contribution in [3.05, 3.63) is 42.0 Å². The van der Waals surface area contributed by atoms with Gasteiger partial charge in [-0.3, -0.25) is 4.57 Å². The van der Waals surface area contributed by atoms with E-state index in [0.29, 0.717) is 11.6 Å². The lowest BCUT2D eigenvalue weighted by atomic mass is 10.1. The first kappa shape index (κ1) is 20.5. The molecule has 2 aliphatic rings. The number of hydrogen-bond donors (Lipinski definition) is 0. The van der Waals surface area contributed by atoms with Gasteiger partial charge in [-0.05, 0) is 56.4 Å². The molecule has 3 aromatic rings. The smallest absolute Gasteiger partial charge is 0.228 e. The number of piperidine rings is 1. The summed E-state index contributed by atoms with van der Waals surface area (Å²) in [7, 11) is 0. The van der Waals surface area contributed by atoms with E-state index in [9.17, 15) is 4.39 Å². The van der Waals surface area contributed by atoms with Crippen LogP contribution in [0, 0.1) is 5.82 Å². The minimum Gasteiger partial charge on any atom is -0.444 e. The molecule has 9 heteroatoms. The van der Waals surface area contributed by atoms with Crippen LogP contribution in [0.25, 0.3) is 11.5 Å². The predicted octanol–water partition coefficient (Wildman–Crippen LogP) is 4.53. The zero-order chi connectivity index (χ0) is 21.0. The van der Waals surface area contributed by atoms with Gasteiger partial charge in [-0.1, -0.05) is 11.8 Å². The highest BCUT2D eigenvalue weighted by atomic mass is 32.2. The Balaban J connectivity index is 1.31. The zero-order valence-electron chi connectivity index (χ0n) is 17.4. The number of thioether (sulfide) groups is 1. The minimum atomic E-state index is -0.277. The molecular weight excluding hydrogens is 417 g/mol. The van der Waals surface area contributed by atoms with Crippen LogP contribution in [-0.4, -0.2) is 45.5 Å². The van der Waals surface area contributed by atoms with Crippen LogP contribution in [0.4, 0.5) is 10.3 Å². The highest BCUT2D eigenvalue weighted by molar-refractivity contribution is 7.98. The van der Waals surface area contributed by atoms with Crippen LogP contribution in [0.1, 0.15) is 37.8 Å². The van der Waals surface area contributed by atoms with Gasteiger partial charge in [0, 0.05) is 31.0 Å². The van der Waals surface area contributed by atoms with E-state index >= 15 is 0 Å². The number of anilines is 1. The lowest BCUT2D eigenvalue weighted by molar-refractivity contribution is 0.0951. The fourth-order valence-corrected chi connectivity index (χ4v) is 4.92. The molecule has 1 aromatic carbocycles. The Morgan fingerprint density at radius 1 is 1.06 bits per heavy atom. The van der Waals surface area contributed by atoms with E-state index in [4.69, 9.17) is 9.15 Å². The van der Waals surface area contributed by atoms with Gasteiger partial charge in [-0.2, -0.15) is 0 Å². The molecule has 2 aromatic heterocycles. The van der Waals surface area contributed by atoms with E-state index in [-0.39, 0.29) is 11.9 Å². The SMILES string of the molecule is Fc1ccc(-c2nc(CSc3nnc(N4CCCCC4)n3CC3CCCO3)co2)cc1. The minimum absolute atomic E-state index is 0.219. The molecule has 0 saturated carbocycles. The first-order valence-corrected chi connectivity index (χ1v) is 11.9. The second kappa shape index (κ2) is 9.40. The molecule has 5 rings (SSSR count). The van der Waals surface area contributed by atoms with Gasteiger partial charge in [0.1, 0.15) is 12.1 Å². The standard InChI is InChI=1S/C22H26FN5O2S/c23-17-8-6-16(7-9-17)20-24-18(14-30-20)15-31-22-26-25-21(27-10-2-1-3-11-27)28(22)13-19-5-4-12-29-19/h6-9,14,19H,1-5,10-13,15H2. The molecule has 164 valence electrons. The first-order valence-electron chi connectivity index (χ1n) is 10.9. The van der Waals surface area contributed by atoms with Crippen molar-refractivity contribution in [1.82, 2.24) is 19.7 Å². The molecule has 7 nitrogen and oxygen atoms in total. The van der Waals surface area contributed by atoms with Gasteiger partial charge in [0.05, 0.1) is 18.3 Å². The summed E-state index contributed by atoms with van der Waals surface area (Å²) >= 11 is 1.60. The second-order valence-corrected chi connectivity index (χ2v) is 8.96. The zero-order valence-corrected chi connectivity index (χ0v) is 18.2. The van der Waals surface area contributed by atoms with Crippen LogP contribution >= 0.6 is 11.8 Å². The highest BCUT2D eigenvalue weighted by Crippen LogP contribution is 2.29. The number of rotatable bonds is 7. The number of halogens is 1. The third kappa shape index (κ3) is 4.77. The van der Waals surface area contributed by atoms with Gasteiger partial charge in [0.2, 0.25) is 11.8 Å². The topological polar surface area (TPSA) is 69.2 Å². The van der Waals surface area contributed by atoms with Crippen LogP contribution < -0.4 is 4.90 Å². The van der Waals surface area contributed by atoms with Gasteiger partial charge in [0.25, 0.3) is 0 Å².